The number of anilines is 1. The van der Waals surface area contributed by atoms with E-state index in [1.165, 1.54) is 25.7 Å². The summed E-state index contributed by atoms with van der Waals surface area (Å²) in [6.45, 7) is 8.88. The van der Waals surface area contributed by atoms with Crippen molar-refractivity contribution in [1.82, 2.24) is 29.8 Å². The van der Waals surface area contributed by atoms with Crippen LogP contribution in [0.4, 0.5) is 5.95 Å². The van der Waals surface area contributed by atoms with Crippen molar-refractivity contribution < 1.29 is 4.74 Å². The second-order valence-corrected chi connectivity index (χ2v) is 9.45. The Balaban J connectivity index is 1.22. The first-order valence-corrected chi connectivity index (χ1v) is 12.3. The number of nitrogens with zero attached hydrogens (tertiary/aromatic N) is 6. The van der Waals surface area contributed by atoms with E-state index in [1.54, 1.807) is 12.5 Å². The largest absolute Gasteiger partial charge is 0.494 e. The Morgan fingerprint density at radius 3 is 2.79 bits per heavy atom. The van der Waals surface area contributed by atoms with E-state index < -0.39 is 0 Å². The molecule has 1 fully saturated rings. The lowest BCUT2D eigenvalue weighted by molar-refractivity contribution is 0.265. The first-order valence-electron chi connectivity index (χ1n) is 12.3. The molecule has 9 nitrogen and oxygen atoms in total. The summed E-state index contributed by atoms with van der Waals surface area (Å²) < 4.78 is 7.52. The first-order chi connectivity index (χ1) is 16.6. The molecule has 0 spiro atoms. The molecule has 0 saturated carbocycles. The molecule has 2 aromatic heterocycles. The Labute approximate surface area is 200 Å². The standard InChI is InChI=1S/C25H34N8O/c1-3-34-21-8-6-20(7-9-21)33-18-28-22-15-27-24(30-23(22)33)31-25(2)16-29-32(17-25)14-4-5-19-10-12-26-13-11-19/h6-9,15-16,18-19,26H,3-5,10-14,17H2,1-2H3,(H,27,30,31). The van der Waals surface area contributed by atoms with Crippen LogP contribution in [-0.4, -0.2) is 69.1 Å². The van der Waals surface area contributed by atoms with Crippen LogP contribution in [0.25, 0.3) is 16.9 Å². The van der Waals surface area contributed by atoms with Crippen molar-refractivity contribution in [2.45, 2.75) is 45.1 Å². The number of aromatic nitrogens is 4. The SMILES string of the molecule is CCOc1ccc(-n2cnc3cnc(NC4(C)C=NN(CCCC5CCNCC5)C4)nc32)cc1. The van der Waals surface area contributed by atoms with Crippen LogP contribution in [0.5, 0.6) is 5.75 Å². The van der Waals surface area contributed by atoms with Crippen molar-refractivity contribution in [2.24, 2.45) is 11.0 Å². The molecule has 4 heterocycles. The molecule has 1 atom stereocenters. The van der Waals surface area contributed by atoms with Gasteiger partial charge in [0.25, 0.3) is 0 Å². The fourth-order valence-corrected chi connectivity index (χ4v) is 4.79. The van der Waals surface area contributed by atoms with Gasteiger partial charge in [0.15, 0.2) is 5.65 Å². The van der Waals surface area contributed by atoms with Gasteiger partial charge in [0.05, 0.1) is 31.1 Å². The molecule has 180 valence electrons. The van der Waals surface area contributed by atoms with Crippen LogP contribution in [0, 0.1) is 5.92 Å². The van der Waals surface area contributed by atoms with Crippen LogP contribution in [0.1, 0.15) is 39.5 Å². The third-order valence-electron chi connectivity index (χ3n) is 6.62. The van der Waals surface area contributed by atoms with Gasteiger partial charge < -0.3 is 15.4 Å². The summed E-state index contributed by atoms with van der Waals surface area (Å²) in [4.78, 5) is 13.8. The molecule has 0 radical (unpaired) electrons. The summed E-state index contributed by atoms with van der Waals surface area (Å²) in [6.07, 6.45) is 10.6. The minimum atomic E-state index is -0.313. The van der Waals surface area contributed by atoms with E-state index in [-0.39, 0.29) is 5.54 Å². The molecule has 5 rings (SSSR count). The Morgan fingerprint density at radius 1 is 1.18 bits per heavy atom. The maximum atomic E-state index is 5.55. The second-order valence-electron chi connectivity index (χ2n) is 9.45. The Bertz CT molecular complexity index is 1120. The van der Waals surface area contributed by atoms with E-state index in [4.69, 9.17) is 9.72 Å². The highest BCUT2D eigenvalue weighted by molar-refractivity contribution is 5.77. The Morgan fingerprint density at radius 2 is 2.00 bits per heavy atom. The number of rotatable bonds is 9. The van der Waals surface area contributed by atoms with Crippen molar-refractivity contribution in [2.75, 3.05) is 38.1 Å². The molecular formula is C25H34N8O. The smallest absolute Gasteiger partial charge is 0.225 e. The molecule has 9 heteroatoms. The number of nitrogens with one attached hydrogen (secondary N) is 2. The van der Waals surface area contributed by atoms with E-state index in [0.29, 0.717) is 12.6 Å². The van der Waals surface area contributed by atoms with Crippen molar-refractivity contribution in [3.63, 3.8) is 0 Å². The lowest BCUT2D eigenvalue weighted by atomic mass is 9.93. The average Bonchev–Trinajstić information content (AvgIpc) is 3.44. The van der Waals surface area contributed by atoms with Gasteiger partial charge in [-0.05, 0) is 82.8 Å². The zero-order valence-electron chi connectivity index (χ0n) is 20.1. The number of ether oxygens (including phenoxy) is 1. The van der Waals surface area contributed by atoms with Gasteiger partial charge in [-0.1, -0.05) is 0 Å². The minimum absolute atomic E-state index is 0.313. The molecule has 2 aliphatic rings. The van der Waals surface area contributed by atoms with Crippen LogP contribution in [-0.2, 0) is 0 Å². The van der Waals surface area contributed by atoms with Gasteiger partial charge in [-0.3, -0.25) is 9.58 Å². The zero-order valence-corrected chi connectivity index (χ0v) is 20.1. The number of piperidine rings is 1. The first kappa shape index (κ1) is 22.6. The predicted molar refractivity (Wildman–Crippen MR) is 135 cm³/mol. The molecule has 0 bridgehead atoms. The quantitative estimate of drug-likeness (QED) is 0.503. The maximum absolute atomic E-state index is 5.55. The molecule has 1 aromatic carbocycles. The van der Waals surface area contributed by atoms with E-state index >= 15 is 0 Å². The highest BCUT2D eigenvalue weighted by Gasteiger charge is 2.31. The highest BCUT2D eigenvalue weighted by atomic mass is 16.5. The molecule has 1 unspecified atom stereocenters. The topological polar surface area (TPSA) is 92.5 Å². The number of fused-ring (bicyclic) bond motifs is 1. The zero-order chi connectivity index (χ0) is 23.4. The molecule has 2 N–H and O–H groups in total. The lowest BCUT2D eigenvalue weighted by Gasteiger charge is -2.26. The molecule has 3 aromatic rings. The Kier molecular flexibility index (Phi) is 6.62. The van der Waals surface area contributed by atoms with Crippen molar-refractivity contribution in [1.29, 1.82) is 0 Å². The monoisotopic (exact) mass is 462 g/mol. The van der Waals surface area contributed by atoms with Crippen LogP contribution < -0.4 is 15.4 Å². The van der Waals surface area contributed by atoms with Gasteiger partial charge in [-0.15, -0.1) is 0 Å². The van der Waals surface area contributed by atoms with Crippen molar-refractivity contribution in [3.05, 3.63) is 36.8 Å². The summed E-state index contributed by atoms with van der Waals surface area (Å²) >= 11 is 0. The van der Waals surface area contributed by atoms with Crippen molar-refractivity contribution >= 4 is 23.3 Å². The molecule has 0 amide bonds. The number of hydrazone groups is 1. The summed E-state index contributed by atoms with van der Waals surface area (Å²) in [7, 11) is 0. The molecule has 0 aliphatic carbocycles. The number of benzene rings is 1. The van der Waals surface area contributed by atoms with Gasteiger partial charge >= 0.3 is 0 Å². The maximum Gasteiger partial charge on any atom is 0.225 e. The van der Waals surface area contributed by atoms with Gasteiger partial charge in [-0.25, -0.2) is 9.97 Å². The number of hydrogen-bond donors (Lipinski definition) is 2. The van der Waals surface area contributed by atoms with Crippen LogP contribution in [0.15, 0.2) is 41.9 Å². The Hall–Kier alpha value is -3.20. The van der Waals surface area contributed by atoms with E-state index in [2.05, 4.69) is 37.6 Å². The van der Waals surface area contributed by atoms with Crippen LogP contribution in [0.2, 0.25) is 0 Å². The lowest BCUT2D eigenvalue weighted by Crippen LogP contribution is -2.42. The number of imidazole rings is 1. The highest BCUT2D eigenvalue weighted by Crippen LogP contribution is 2.23. The van der Waals surface area contributed by atoms with Gasteiger partial charge in [0, 0.05) is 12.2 Å². The molecule has 1 saturated heterocycles. The average molecular weight is 463 g/mol. The predicted octanol–water partition coefficient (Wildman–Crippen LogP) is 3.47. The third kappa shape index (κ3) is 5.14. The summed E-state index contributed by atoms with van der Waals surface area (Å²) in [5, 5.41) is 13.8. The normalized spacial score (nSPS) is 20.8. The summed E-state index contributed by atoms with van der Waals surface area (Å²) in [6, 6.07) is 7.93. The molecule has 2 aliphatic heterocycles. The third-order valence-corrected chi connectivity index (χ3v) is 6.62. The molecule has 34 heavy (non-hydrogen) atoms. The fraction of sp³-hybridized carbons (Fsp3) is 0.520. The summed E-state index contributed by atoms with van der Waals surface area (Å²) in [5.41, 5.74) is 2.18. The number of hydrogen-bond acceptors (Lipinski definition) is 8. The minimum Gasteiger partial charge on any atom is -0.494 e. The van der Waals surface area contributed by atoms with Gasteiger partial charge in [0.2, 0.25) is 5.95 Å². The molecular weight excluding hydrogens is 428 g/mol. The van der Waals surface area contributed by atoms with E-state index in [1.807, 2.05) is 42.0 Å². The van der Waals surface area contributed by atoms with Gasteiger partial charge in [-0.2, -0.15) is 10.1 Å². The van der Waals surface area contributed by atoms with Crippen molar-refractivity contribution in [3.8, 4) is 11.4 Å². The fourth-order valence-electron chi connectivity index (χ4n) is 4.79. The van der Waals surface area contributed by atoms with Gasteiger partial charge in [0.1, 0.15) is 17.6 Å². The van der Waals surface area contributed by atoms with Crippen LogP contribution >= 0.6 is 0 Å². The van der Waals surface area contributed by atoms with E-state index in [0.717, 1.165) is 54.7 Å². The summed E-state index contributed by atoms with van der Waals surface area (Å²) in [5.74, 6) is 2.28. The second kappa shape index (κ2) is 9.97. The van der Waals surface area contributed by atoms with Crippen LogP contribution in [0.3, 0.4) is 0 Å². The van der Waals surface area contributed by atoms with E-state index in [9.17, 15) is 0 Å².